The molecule has 1 aromatic carbocycles. The first-order chi connectivity index (χ1) is 13.7. The molecule has 2 fully saturated rings. The molecule has 1 aromatic heterocycles. The average Bonchev–Trinajstić information content (AvgIpc) is 2.77. The Bertz CT molecular complexity index is 637. The third kappa shape index (κ3) is 8.35. The first kappa shape index (κ1) is 22.3. The molecular weight excluding hydrogens is 350 g/mol. The Hall–Kier alpha value is -1.99. The van der Waals surface area contributed by atoms with Gasteiger partial charge >= 0.3 is 0 Å². The van der Waals surface area contributed by atoms with Gasteiger partial charge in [0, 0.05) is 57.2 Å². The number of aromatic nitrogens is 1. The van der Waals surface area contributed by atoms with E-state index in [1.807, 2.05) is 18.2 Å². The number of nitrogens with one attached hydrogen (secondary N) is 2. The summed E-state index contributed by atoms with van der Waals surface area (Å²) in [4.78, 5) is 6.45. The van der Waals surface area contributed by atoms with E-state index in [4.69, 9.17) is 10.5 Å². The molecule has 2 aliphatic heterocycles. The lowest BCUT2D eigenvalue weighted by Crippen LogP contribution is -2.49. The van der Waals surface area contributed by atoms with Gasteiger partial charge in [-0.15, -0.1) is 0 Å². The van der Waals surface area contributed by atoms with Gasteiger partial charge in [-0.2, -0.15) is 0 Å². The average molecular weight is 386 g/mol. The number of hydrogen-bond acceptors (Lipinski definition) is 6. The van der Waals surface area contributed by atoms with Crippen LogP contribution in [0.5, 0.6) is 0 Å². The number of anilines is 1. The van der Waals surface area contributed by atoms with Crippen LogP contribution in [0.1, 0.15) is 18.2 Å². The van der Waals surface area contributed by atoms with E-state index in [-0.39, 0.29) is 0 Å². The number of rotatable bonds is 2. The highest BCUT2D eigenvalue weighted by molar-refractivity contribution is 5.49. The van der Waals surface area contributed by atoms with Crippen LogP contribution in [0, 0.1) is 6.92 Å². The van der Waals surface area contributed by atoms with E-state index in [1.165, 1.54) is 11.3 Å². The van der Waals surface area contributed by atoms with Gasteiger partial charge in [0.2, 0.25) is 0 Å². The summed E-state index contributed by atoms with van der Waals surface area (Å²) < 4.78 is 5.01. The molecule has 3 heterocycles. The number of nitrogens with zero attached hydrogens (tertiary/aromatic N) is 2. The summed E-state index contributed by atoms with van der Waals surface area (Å²) in [6.45, 7) is 12.1. The van der Waals surface area contributed by atoms with Crippen molar-refractivity contribution in [1.82, 2.24) is 15.6 Å². The zero-order chi connectivity index (χ0) is 20.0. The first-order valence-electron chi connectivity index (χ1n) is 10.1. The third-order valence-corrected chi connectivity index (χ3v) is 4.62. The number of aryl methyl sites for hydroxylation is 1. The van der Waals surface area contributed by atoms with Crippen molar-refractivity contribution in [2.75, 3.05) is 50.8 Å². The molecule has 0 spiro atoms. The summed E-state index contributed by atoms with van der Waals surface area (Å²) in [6.07, 6.45) is 1.74. The number of ether oxygens (including phenoxy) is 1. The molecule has 2 aromatic rings. The summed E-state index contributed by atoms with van der Waals surface area (Å²) in [5.74, 6) is 0. The fourth-order valence-electron chi connectivity index (χ4n) is 3.07. The van der Waals surface area contributed by atoms with Gasteiger partial charge in [-0.25, -0.2) is 0 Å². The van der Waals surface area contributed by atoms with E-state index in [0.29, 0.717) is 12.6 Å². The van der Waals surface area contributed by atoms with Crippen molar-refractivity contribution in [2.45, 2.75) is 26.4 Å². The van der Waals surface area contributed by atoms with Gasteiger partial charge in [-0.3, -0.25) is 4.98 Å². The zero-order valence-corrected chi connectivity index (χ0v) is 17.2. The molecule has 0 radical (unpaired) electrons. The van der Waals surface area contributed by atoms with Crippen LogP contribution in [0.2, 0.25) is 0 Å². The number of hydrogen-bond donors (Lipinski definition) is 3. The Balaban J connectivity index is 0.000000169. The Labute approximate surface area is 169 Å². The summed E-state index contributed by atoms with van der Waals surface area (Å²) in [5, 5.41) is 6.57. The van der Waals surface area contributed by atoms with Crippen molar-refractivity contribution in [2.24, 2.45) is 5.73 Å². The van der Waals surface area contributed by atoms with E-state index in [2.05, 4.69) is 58.6 Å². The molecule has 6 nitrogen and oxygen atoms in total. The van der Waals surface area contributed by atoms with Crippen molar-refractivity contribution >= 4 is 5.69 Å². The van der Waals surface area contributed by atoms with E-state index in [9.17, 15) is 0 Å². The molecule has 2 aliphatic rings. The number of piperazine rings is 1. The maximum atomic E-state index is 5.29. The molecule has 154 valence electrons. The van der Waals surface area contributed by atoms with Crippen molar-refractivity contribution in [3.05, 3.63) is 59.9 Å². The first-order valence-corrected chi connectivity index (χ1v) is 10.1. The minimum Gasteiger partial charge on any atom is -0.379 e. The highest BCUT2D eigenvalue weighted by atomic mass is 16.5. The van der Waals surface area contributed by atoms with E-state index in [1.54, 1.807) is 6.20 Å². The van der Waals surface area contributed by atoms with Crippen molar-refractivity contribution in [1.29, 1.82) is 0 Å². The molecule has 0 amide bonds. The molecule has 4 N–H and O–H groups in total. The van der Waals surface area contributed by atoms with Crippen LogP contribution >= 0.6 is 0 Å². The summed E-state index contributed by atoms with van der Waals surface area (Å²) in [5.41, 5.74) is 8.93. The maximum Gasteiger partial charge on any atom is 0.0591 e. The maximum absolute atomic E-state index is 5.29. The van der Waals surface area contributed by atoms with Crippen molar-refractivity contribution in [3.8, 4) is 0 Å². The van der Waals surface area contributed by atoms with Gasteiger partial charge in [-0.05, 0) is 43.7 Å². The Morgan fingerprint density at radius 1 is 1.11 bits per heavy atom. The molecule has 0 bridgehead atoms. The van der Waals surface area contributed by atoms with Gasteiger partial charge in [0.25, 0.3) is 0 Å². The van der Waals surface area contributed by atoms with E-state index >= 15 is 0 Å². The van der Waals surface area contributed by atoms with Crippen LogP contribution in [-0.2, 0) is 11.3 Å². The third-order valence-electron chi connectivity index (χ3n) is 4.62. The zero-order valence-electron chi connectivity index (χ0n) is 17.2. The molecule has 6 heteroatoms. The fourth-order valence-corrected chi connectivity index (χ4v) is 3.07. The van der Waals surface area contributed by atoms with Crippen molar-refractivity contribution < 1.29 is 4.74 Å². The lowest BCUT2D eigenvalue weighted by molar-refractivity contribution is 0.109. The quantitative estimate of drug-likeness (QED) is 0.734. The molecule has 0 saturated carbocycles. The van der Waals surface area contributed by atoms with Crippen LogP contribution in [0.3, 0.4) is 0 Å². The Morgan fingerprint density at radius 3 is 2.43 bits per heavy atom. The standard InChI is InChI=1S/C12H18N2.C6H8N2.C4H9NO/c1-10-4-3-5-12(8-10)14-7-6-13-9-11(14)2;7-5-6-3-1-2-4-8-6;1-3-6-4-2-5-1/h3-5,8,11,13H,6-7,9H2,1-2H3;1-4H,5,7H2;5H,1-4H2. The molecule has 4 rings (SSSR count). The fraction of sp³-hybridized carbons (Fsp3) is 0.500. The molecule has 28 heavy (non-hydrogen) atoms. The van der Waals surface area contributed by atoms with Gasteiger partial charge in [0.1, 0.15) is 0 Å². The second-order valence-corrected chi connectivity index (χ2v) is 6.97. The normalized spacial score (nSPS) is 19.0. The Kier molecular flexibility index (Phi) is 10.5. The minimum absolute atomic E-state index is 0.529. The van der Waals surface area contributed by atoms with Crippen LogP contribution in [-0.4, -0.2) is 57.0 Å². The highest BCUT2D eigenvalue weighted by Crippen LogP contribution is 2.19. The monoisotopic (exact) mass is 385 g/mol. The Morgan fingerprint density at radius 2 is 1.93 bits per heavy atom. The number of benzene rings is 1. The SMILES string of the molecule is C1COCCN1.Cc1cccc(N2CCNCC2C)c1.NCc1ccccn1. The molecule has 1 unspecified atom stereocenters. The van der Waals surface area contributed by atoms with Gasteiger partial charge in [0.05, 0.1) is 18.9 Å². The van der Waals surface area contributed by atoms with E-state index < -0.39 is 0 Å². The second-order valence-electron chi connectivity index (χ2n) is 6.97. The van der Waals surface area contributed by atoms with Crippen LogP contribution in [0.15, 0.2) is 48.7 Å². The van der Waals surface area contributed by atoms with E-state index in [0.717, 1.165) is 51.6 Å². The van der Waals surface area contributed by atoms with Crippen LogP contribution < -0.4 is 21.3 Å². The lowest BCUT2D eigenvalue weighted by Gasteiger charge is -2.36. The van der Waals surface area contributed by atoms with Crippen LogP contribution in [0.25, 0.3) is 0 Å². The predicted molar refractivity (Wildman–Crippen MR) is 117 cm³/mol. The molecule has 0 aliphatic carbocycles. The second kappa shape index (κ2) is 13.2. The summed E-state index contributed by atoms with van der Waals surface area (Å²) in [6, 6.07) is 15.1. The minimum atomic E-state index is 0.529. The molecule has 2 saturated heterocycles. The smallest absolute Gasteiger partial charge is 0.0591 e. The van der Waals surface area contributed by atoms with Gasteiger partial charge in [-0.1, -0.05) is 18.2 Å². The molecular formula is C22H35N5O. The predicted octanol–water partition coefficient (Wildman–Crippen LogP) is 1.94. The number of nitrogens with two attached hydrogens (primary N) is 1. The number of pyridine rings is 1. The lowest BCUT2D eigenvalue weighted by atomic mass is 10.1. The largest absolute Gasteiger partial charge is 0.379 e. The topological polar surface area (TPSA) is 75.4 Å². The van der Waals surface area contributed by atoms with Crippen LogP contribution in [0.4, 0.5) is 5.69 Å². The summed E-state index contributed by atoms with van der Waals surface area (Å²) in [7, 11) is 0. The van der Waals surface area contributed by atoms with Gasteiger partial charge in [0.15, 0.2) is 0 Å². The van der Waals surface area contributed by atoms with Crippen molar-refractivity contribution in [3.63, 3.8) is 0 Å². The van der Waals surface area contributed by atoms with Gasteiger partial charge < -0.3 is 26.0 Å². The summed E-state index contributed by atoms with van der Waals surface area (Å²) >= 11 is 0. The molecule has 1 atom stereocenters. The highest BCUT2D eigenvalue weighted by Gasteiger charge is 2.17. The number of morpholine rings is 1.